The van der Waals surface area contributed by atoms with Gasteiger partial charge >= 0.3 is 0 Å². The topological polar surface area (TPSA) is 41.6 Å². The number of halogens is 1. The van der Waals surface area contributed by atoms with E-state index in [1.807, 2.05) is 45.2 Å². The van der Waals surface area contributed by atoms with Crippen molar-refractivity contribution in [3.05, 3.63) is 28.7 Å². The average molecular weight is 343 g/mol. The summed E-state index contributed by atoms with van der Waals surface area (Å²) in [6.45, 7) is 6.66. The summed E-state index contributed by atoms with van der Waals surface area (Å²) in [5.41, 5.74) is 0. The first-order valence-corrected chi connectivity index (χ1v) is 7.68. The Hall–Kier alpha value is -1.07. The predicted molar refractivity (Wildman–Crippen MR) is 85.0 cm³/mol. The molecule has 0 saturated carbocycles. The lowest BCUT2D eigenvalue weighted by Gasteiger charge is -2.21. The van der Waals surface area contributed by atoms with E-state index in [0.717, 1.165) is 16.8 Å². The van der Waals surface area contributed by atoms with Gasteiger partial charge in [0.15, 0.2) is 0 Å². The monoisotopic (exact) mass is 342 g/mol. The molecule has 0 bridgehead atoms. The van der Waals surface area contributed by atoms with Crippen molar-refractivity contribution in [3.63, 3.8) is 0 Å². The second kappa shape index (κ2) is 8.97. The molecule has 1 amide bonds. The van der Waals surface area contributed by atoms with Crippen molar-refractivity contribution in [1.82, 2.24) is 10.2 Å². The minimum absolute atomic E-state index is 0.00682. The number of likely N-dealkylation sites (N-methyl/N-ethyl adjacent to an activating group) is 1. The van der Waals surface area contributed by atoms with Crippen LogP contribution in [-0.2, 0) is 4.79 Å². The number of rotatable bonds is 8. The standard InChI is InChI=1S/C15H23BrN2O2/c1-4-17-11-12(2)15(19)18(3)9-10-20-14-7-5-13(16)6-8-14/h5-8,12,17H,4,9-11H2,1-3H3. The van der Waals surface area contributed by atoms with Crippen LogP contribution in [-0.4, -0.2) is 44.1 Å². The summed E-state index contributed by atoms with van der Waals surface area (Å²) in [4.78, 5) is 13.8. The maximum absolute atomic E-state index is 12.1. The van der Waals surface area contributed by atoms with E-state index in [4.69, 9.17) is 4.74 Å². The first-order chi connectivity index (χ1) is 9.54. The smallest absolute Gasteiger partial charge is 0.226 e. The van der Waals surface area contributed by atoms with Crippen LogP contribution >= 0.6 is 15.9 Å². The van der Waals surface area contributed by atoms with Gasteiger partial charge in [0, 0.05) is 24.0 Å². The molecule has 0 heterocycles. The number of nitrogens with one attached hydrogen (secondary N) is 1. The number of nitrogens with zero attached hydrogens (tertiary/aromatic N) is 1. The van der Waals surface area contributed by atoms with Crippen LogP contribution in [0.3, 0.4) is 0 Å². The molecule has 0 radical (unpaired) electrons. The molecule has 1 aromatic rings. The van der Waals surface area contributed by atoms with Crippen molar-refractivity contribution in [1.29, 1.82) is 0 Å². The van der Waals surface area contributed by atoms with Crippen molar-refractivity contribution in [3.8, 4) is 5.75 Å². The molecule has 1 unspecified atom stereocenters. The van der Waals surface area contributed by atoms with Crippen LogP contribution in [0.25, 0.3) is 0 Å². The van der Waals surface area contributed by atoms with Gasteiger partial charge < -0.3 is 15.0 Å². The number of carbonyl (C=O) groups is 1. The Bertz CT molecular complexity index is 409. The highest BCUT2D eigenvalue weighted by atomic mass is 79.9. The van der Waals surface area contributed by atoms with E-state index < -0.39 is 0 Å². The molecule has 20 heavy (non-hydrogen) atoms. The summed E-state index contributed by atoms with van der Waals surface area (Å²) < 4.78 is 6.63. The van der Waals surface area contributed by atoms with Crippen LogP contribution in [0, 0.1) is 5.92 Å². The van der Waals surface area contributed by atoms with Crippen LogP contribution in [0.4, 0.5) is 0 Å². The summed E-state index contributed by atoms with van der Waals surface area (Å²) in [6.07, 6.45) is 0. The van der Waals surface area contributed by atoms with E-state index in [9.17, 15) is 4.79 Å². The highest BCUT2D eigenvalue weighted by Crippen LogP contribution is 2.15. The lowest BCUT2D eigenvalue weighted by Crippen LogP contribution is -2.38. The van der Waals surface area contributed by atoms with Crippen LogP contribution in [0.5, 0.6) is 5.75 Å². The fraction of sp³-hybridized carbons (Fsp3) is 0.533. The first-order valence-electron chi connectivity index (χ1n) is 6.88. The molecule has 0 saturated heterocycles. The minimum Gasteiger partial charge on any atom is -0.492 e. The Balaban J connectivity index is 2.30. The van der Waals surface area contributed by atoms with Crippen LogP contribution < -0.4 is 10.1 Å². The maximum Gasteiger partial charge on any atom is 0.226 e. The van der Waals surface area contributed by atoms with Gasteiger partial charge in [-0.1, -0.05) is 29.8 Å². The molecule has 1 N–H and O–H groups in total. The van der Waals surface area contributed by atoms with Crippen molar-refractivity contribution < 1.29 is 9.53 Å². The van der Waals surface area contributed by atoms with E-state index in [-0.39, 0.29) is 11.8 Å². The van der Waals surface area contributed by atoms with Gasteiger partial charge in [-0.3, -0.25) is 4.79 Å². The number of hydrogen-bond donors (Lipinski definition) is 1. The van der Waals surface area contributed by atoms with E-state index in [1.54, 1.807) is 4.90 Å². The van der Waals surface area contributed by atoms with E-state index in [0.29, 0.717) is 19.7 Å². The summed E-state index contributed by atoms with van der Waals surface area (Å²) >= 11 is 3.38. The Morgan fingerprint density at radius 1 is 1.40 bits per heavy atom. The predicted octanol–water partition coefficient (Wildman–Crippen LogP) is 2.53. The van der Waals surface area contributed by atoms with Gasteiger partial charge in [-0.2, -0.15) is 0 Å². The second-order valence-electron chi connectivity index (χ2n) is 4.77. The summed E-state index contributed by atoms with van der Waals surface area (Å²) in [5, 5.41) is 3.19. The van der Waals surface area contributed by atoms with Crippen LogP contribution in [0.1, 0.15) is 13.8 Å². The fourth-order valence-corrected chi connectivity index (χ4v) is 2.03. The van der Waals surface area contributed by atoms with E-state index in [2.05, 4.69) is 21.2 Å². The first kappa shape index (κ1) is 17.0. The second-order valence-corrected chi connectivity index (χ2v) is 5.69. The average Bonchev–Trinajstić information content (AvgIpc) is 2.45. The largest absolute Gasteiger partial charge is 0.492 e. The molecule has 0 aliphatic rings. The summed E-state index contributed by atoms with van der Waals surface area (Å²) in [7, 11) is 1.82. The van der Waals surface area contributed by atoms with Crippen molar-refractivity contribution in [2.75, 3.05) is 33.3 Å². The molecular formula is C15H23BrN2O2. The highest BCUT2D eigenvalue weighted by Gasteiger charge is 2.16. The Morgan fingerprint density at radius 2 is 2.05 bits per heavy atom. The number of hydrogen-bond acceptors (Lipinski definition) is 3. The normalized spacial score (nSPS) is 12.0. The number of amides is 1. The zero-order chi connectivity index (χ0) is 15.0. The molecule has 0 spiro atoms. The molecule has 112 valence electrons. The Labute approximate surface area is 129 Å². The van der Waals surface area contributed by atoms with Crippen molar-refractivity contribution >= 4 is 21.8 Å². The third-order valence-corrected chi connectivity index (χ3v) is 3.54. The van der Waals surface area contributed by atoms with E-state index >= 15 is 0 Å². The zero-order valence-corrected chi connectivity index (χ0v) is 13.9. The van der Waals surface area contributed by atoms with Gasteiger partial charge in [0.05, 0.1) is 6.54 Å². The van der Waals surface area contributed by atoms with Gasteiger partial charge in [0.2, 0.25) is 5.91 Å². The van der Waals surface area contributed by atoms with Gasteiger partial charge in [-0.05, 0) is 30.8 Å². The number of carbonyl (C=O) groups excluding carboxylic acids is 1. The quantitative estimate of drug-likeness (QED) is 0.789. The van der Waals surface area contributed by atoms with Crippen LogP contribution in [0.2, 0.25) is 0 Å². The molecule has 5 heteroatoms. The van der Waals surface area contributed by atoms with E-state index in [1.165, 1.54) is 0 Å². The number of benzene rings is 1. The molecule has 4 nitrogen and oxygen atoms in total. The van der Waals surface area contributed by atoms with Crippen LogP contribution in [0.15, 0.2) is 28.7 Å². The third kappa shape index (κ3) is 5.92. The molecule has 0 fully saturated rings. The molecule has 1 rings (SSSR count). The summed E-state index contributed by atoms with van der Waals surface area (Å²) in [6, 6.07) is 7.67. The Morgan fingerprint density at radius 3 is 2.65 bits per heavy atom. The maximum atomic E-state index is 12.1. The Kier molecular flexibility index (Phi) is 7.62. The molecular weight excluding hydrogens is 320 g/mol. The summed E-state index contributed by atoms with van der Waals surface area (Å²) in [5.74, 6) is 0.952. The highest BCUT2D eigenvalue weighted by molar-refractivity contribution is 9.10. The van der Waals surface area contributed by atoms with Gasteiger partial charge in [-0.25, -0.2) is 0 Å². The lowest BCUT2D eigenvalue weighted by atomic mass is 10.1. The molecule has 0 aliphatic heterocycles. The van der Waals surface area contributed by atoms with Crippen molar-refractivity contribution in [2.45, 2.75) is 13.8 Å². The molecule has 1 atom stereocenters. The molecule has 1 aromatic carbocycles. The minimum atomic E-state index is -0.00682. The SMILES string of the molecule is CCNCC(C)C(=O)N(C)CCOc1ccc(Br)cc1. The van der Waals surface area contributed by atoms with Gasteiger partial charge in [-0.15, -0.1) is 0 Å². The van der Waals surface area contributed by atoms with Gasteiger partial charge in [0.25, 0.3) is 0 Å². The van der Waals surface area contributed by atoms with Gasteiger partial charge in [0.1, 0.15) is 12.4 Å². The van der Waals surface area contributed by atoms with Crippen molar-refractivity contribution in [2.24, 2.45) is 5.92 Å². The molecule has 0 aromatic heterocycles. The molecule has 0 aliphatic carbocycles. The zero-order valence-electron chi connectivity index (χ0n) is 12.4. The lowest BCUT2D eigenvalue weighted by molar-refractivity contribution is -0.133. The third-order valence-electron chi connectivity index (χ3n) is 3.01. The fourth-order valence-electron chi connectivity index (χ4n) is 1.77. The number of ether oxygens (including phenoxy) is 1.